The van der Waals surface area contributed by atoms with Gasteiger partial charge in [-0.15, -0.1) is 10.2 Å². The standard InChI is InChI=1S/C15H17N3O4/c1-10-4-3-5-12(8-10)15(20)16-7-6-14(19)21-9-13-18-17-11(2)22-13/h3-5,8H,6-7,9H2,1-2H3,(H,16,20). The molecule has 1 aromatic carbocycles. The number of aromatic nitrogens is 2. The third-order valence-electron chi connectivity index (χ3n) is 2.82. The number of hydrogen-bond donors (Lipinski definition) is 1. The number of carbonyl (C=O) groups is 2. The zero-order valence-corrected chi connectivity index (χ0v) is 12.5. The molecule has 7 heteroatoms. The van der Waals surface area contributed by atoms with Crippen LogP contribution in [0.5, 0.6) is 0 Å². The monoisotopic (exact) mass is 303 g/mol. The molecule has 1 aromatic heterocycles. The van der Waals surface area contributed by atoms with Gasteiger partial charge in [0, 0.05) is 19.0 Å². The first-order valence-electron chi connectivity index (χ1n) is 6.84. The van der Waals surface area contributed by atoms with Crippen LogP contribution >= 0.6 is 0 Å². The molecule has 0 saturated carbocycles. The van der Waals surface area contributed by atoms with Gasteiger partial charge in [-0.25, -0.2) is 0 Å². The predicted molar refractivity (Wildman–Crippen MR) is 77.0 cm³/mol. The Morgan fingerprint density at radius 3 is 2.77 bits per heavy atom. The van der Waals surface area contributed by atoms with Gasteiger partial charge in [0.1, 0.15) is 0 Å². The van der Waals surface area contributed by atoms with Gasteiger partial charge in [-0.3, -0.25) is 9.59 Å². The van der Waals surface area contributed by atoms with Gasteiger partial charge in [-0.2, -0.15) is 0 Å². The van der Waals surface area contributed by atoms with Crippen LogP contribution < -0.4 is 5.32 Å². The highest BCUT2D eigenvalue weighted by Gasteiger charge is 2.09. The molecule has 2 aromatic rings. The molecule has 0 aliphatic rings. The second kappa shape index (κ2) is 7.35. The first-order chi connectivity index (χ1) is 10.5. The van der Waals surface area contributed by atoms with E-state index in [4.69, 9.17) is 9.15 Å². The van der Waals surface area contributed by atoms with Crippen molar-refractivity contribution in [3.63, 3.8) is 0 Å². The Balaban J connectivity index is 1.69. The Kier molecular flexibility index (Phi) is 5.24. The van der Waals surface area contributed by atoms with E-state index in [1.54, 1.807) is 19.1 Å². The summed E-state index contributed by atoms with van der Waals surface area (Å²) in [4.78, 5) is 23.4. The van der Waals surface area contributed by atoms with Gasteiger partial charge in [-0.1, -0.05) is 17.7 Å². The van der Waals surface area contributed by atoms with Crippen LogP contribution in [0.3, 0.4) is 0 Å². The molecular formula is C15H17N3O4. The minimum atomic E-state index is -0.444. The van der Waals surface area contributed by atoms with Crippen molar-refractivity contribution in [2.45, 2.75) is 26.9 Å². The van der Waals surface area contributed by atoms with Crippen molar-refractivity contribution in [1.29, 1.82) is 0 Å². The summed E-state index contributed by atoms with van der Waals surface area (Å²) in [5, 5.41) is 10.0. The quantitative estimate of drug-likeness (QED) is 0.814. The Labute approximate surface area is 127 Å². The highest BCUT2D eigenvalue weighted by atomic mass is 16.5. The zero-order chi connectivity index (χ0) is 15.9. The largest absolute Gasteiger partial charge is 0.456 e. The summed E-state index contributed by atoms with van der Waals surface area (Å²) >= 11 is 0. The molecule has 116 valence electrons. The molecule has 1 amide bonds. The number of nitrogens with one attached hydrogen (secondary N) is 1. The maximum absolute atomic E-state index is 11.9. The summed E-state index contributed by atoms with van der Waals surface area (Å²) in [5.41, 5.74) is 1.57. The zero-order valence-electron chi connectivity index (χ0n) is 12.5. The summed E-state index contributed by atoms with van der Waals surface area (Å²) in [6, 6.07) is 7.22. The highest BCUT2D eigenvalue weighted by Crippen LogP contribution is 2.04. The van der Waals surface area contributed by atoms with Crippen molar-refractivity contribution in [2.75, 3.05) is 6.54 Å². The third-order valence-corrected chi connectivity index (χ3v) is 2.82. The number of hydrogen-bond acceptors (Lipinski definition) is 6. The number of nitrogens with zero attached hydrogens (tertiary/aromatic N) is 2. The second-order valence-electron chi connectivity index (χ2n) is 4.75. The van der Waals surface area contributed by atoms with Crippen molar-refractivity contribution < 1.29 is 18.7 Å². The van der Waals surface area contributed by atoms with Gasteiger partial charge in [0.25, 0.3) is 11.8 Å². The maximum atomic E-state index is 11.9. The molecule has 2 rings (SSSR count). The van der Waals surface area contributed by atoms with E-state index >= 15 is 0 Å². The predicted octanol–water partition coefficient (Wildman–Crippen LogP) is 1.55. The summed E-state index contributed by atoms with van der Waals surface area (Å²) in [7, 11) is 0. The molecular weight excluding hydrogens is 286 g/mol. The molecule has 1 N–H and O–H groups in total. The average Bonchev–Trinajstić information content (AvgIpc) is 2.90. The molecule has 0 unspecified atom stereocenters. The van der Waals surface area contributed by atoms with Crippen molar-refractivity contribution in [3.8, 4) is 0 Å². The lowest BCUT2D eigenvalue weighted by Gasteiger charge is -2.06. The normalized spacial score (nSPS) is 10.3. The summed E-state index contributed by atoms with van der Waals surface area (Å²) in [6.45, 7) is 3.70. The molecule has 7 nitrogen and oxygen atoms in total. The van der Waals surface area contributed by atoms with Crippen LogP contribution in [0.15, 0.2) is 28.7 Å². The molecule has 0 spiro atoms. The van der Waals surface area contributed by atoms with Gasteiger partial charge in [0.2, 0.25) is 5.89 Å². The number of benzene rings is 1. The molecule has 22 heavy (non-hydrogen) atoms. The fourth-order valence-electron chi connectivity index (χ4n) is 1.78. The SMILES string of the molecule is Cc1cccc(C(=O)NCCC(=O)OCc2nnc(C)o2)c1. The van der Waals surface area contributed by atoms with E-state index in [0.717, 1.165) is 5.56 Å². The number of amides is 1. The van der Waals surface area contributed by atoms with Crippen LogP contribution in [-0.4, -0.2) is 28.6 Å². The van der Waals surface area contributed by atoms with Crippen molar-refractivity contribution >= 4 is 11.9 Å². The minimum Gasteiger partial charge on any atom is -0.456 e. The van der Waals surface area contributed by atoms with Crippen LogP contribution in [0.25, 0.3) is 0 Å². The van der Waals surface area contributed by atoms with Crippen molar-refractivity contribution in [2.24, 2.45) is 0 Å². The first-order valence-corrected chi connectivity index (χ1v) is 6.84. The number of ether oxygens (including phenoxy) is 1. The molecule has 0 bridgehead atoms. The summed E-state index contributed by atoms with van der Waals surface area (Å²) < 4.78 is 10.0. The molecule has 1 heterocycles. The van der Waals surface area contributed by atoms with Crippen LogP contribution in [0.2, 0.25) is 0 Å². The van der Waals surface area contributed by atoms with E-state index in [1.807, 2.05) is 19.1 Å². The smallest absolute Gasteiger partial charge is 0.308 e. The molecule has 0 aliphatic heterocycles. The lowest BCUT2D eigenvalue weighted by atomic mass is 10.1. The van der Waals surface area contributed by atoms with Crippen LogP contribution in [0.4, 0.5) is 0 Å². The third kappa shape index (κ3) is 4.69. The van der Waals surface area contributed by atoms with E-state index < -0.39 is 5.97 Å². The Hall–Kier alpha value is -2.70. The topological polar surface area (TPSA) is 94.3 Å². The van der Waals surface area contributed by atoms with Crippen LogP contribution in [0, 0.1) is 13.8 Å². The van der Waals surface area contributed by atoms with E-state index in [1.165, 1.54) is 0 Å². The fourth-order valence-corrected chi connectivity index (χ4v) is 1.78. The molecule has 0 saturated heterocycles. The van der Waals surface area contributed by atoms with E-state index in [-0.39, 0.29) is 31.4 Å². The van der Waals surface area contributed by atoms with E-state index in [0.29, 0.717) is 11.5 Å². The molecule has 0 atom stereocenters. The van der Waals surface area contributed by atoms with Crippen molar-refractivity contribution in [1.82, 2.24) is 15.5 Å². The lowest BCUT2D eigenvalue weighted by molar-refractivity contribution is -0.145. The molecule has 0 radical (unpaired) electrons. The Bertz CT molecular complexity index is 666. The van der Waals surface area contributed by atoms with Gasteiger partial charge in [0.05, 0.1) is 6.42 Å². The second-order valence-corrected chi connectivity index (χ2v) is 4.75. The molecule has 0 aliphatic carbocycles. The van der Waals surface area contributed by atoms with Crippen molar-refractivity contribution in [3.05, 3.63) is 47.2 Å². The maximum Gasteiger partial charge on any atom is 0.308 e. The van der Waals surface area contributed by atoms with Gasteiger partial charge >= 0.3 is 5.97 Å². The first kappa shape index (κ1) is 15.7. The number of aryl methyl sites for hydroxylation is 2. The van der Waals surface area contributed by atoms with E-state index in [2.05, 4.69) is 15.5 Å². The minimum absolute atomic E-state index is 0.0640. The molecule has 0 fully saturated rings. The number of carbonyl (C=O) groups excluding carboxylic acids is 2. The number of rotatable bonds is 6. The lowest BCUT2D eigenvalue weighted by Crippen LogP contribution is -2.26. The van der Waals surface area contributed by atoms with Gasteiger partial charge < -0.3 is 14.5 Å². The number of esters is 1. The fraction of sp³-hybridized carbons (Fsp3) is 0.333. The average molecular weight is 303 g/mol. The Morgan fingerprint density at radius 1 is 1.27 bits per heavy atom. The highest BCUT2D eigenvalue weighted by molar-refractivity contribution is 5.94. The Morgan fingerprint density at radius 2 is 2.09 bits per heavy atom. The van der Waals surface area contributed by atoms with Gasteiger partial charge in [-0.05, 0) is 19.1 Å². The van der Waals surface area contributed by atoms with Crippen LogP contribution in [-0.2, 0) is 16.1 Å². The van der Waals surface area contributed by atoms with Crippen LogP contribution in [0.1, 0.15) is 34.1 Å². The summed E-state index contributed by atoms with van der Waals surface area (Å²) in [5.74, 6) is -0.00413. The van der Waals surface area contributed by atoms with Gasteiger partial charge in [0.15, 0.2) is 6.61 Å². The van der Waals surface area contributed by atoms with E-state index in [9.17, 15) is 9.59 Å². The summed E-state index contributed by atoms with van der Waals surface area (Å²) in [6.07, 6.45) is 0.0741.